The van der Waals surface area contributed by atoms with Gasteiger partial charge >= 0.3 is 0 Å². The molecule has 0 aliphatic carbocycles. The minimum absolute atomic E-state index is 0.0876. The fraction of sp³-hybridized carbons (Fsp3) is 0.444. The number of aromatic amines is 1. The largest absolute Gasteiger partial charge is 0.493 e. The molecule has 134 valence electrons. The quantitative estimate of drug-likeness (QED) is 0.862. The highest BCUT2D eigenvalue weighted by molar-refractivity contribution is 5.93. The summed E-state index contributed by atoms with van der Waals surface area (Å²) in [4.78, 5) is 14.5. The molecule has 1 aliphatic heterocycles. The van der Waals surface area contributed by atoms with Crippen molar-refractivity contribution in [2.45, 2.75) is 26.4 Å². The van der Waals surface area contributed by atoms with Crippen LogP contribution in [0.1, 0.15) is 32.9 Å². The minimum atomic E-state index is -0.0876. The number of benzene rings is 1. The van der Waals surface area contributed by atoms with E-state index >= 15 is 0 Å². The van der Waals surface area contributed by atoms with Crippen LogP contribution in [0.15, 0.2) is 12.1 Å². The predicted octanol–water partition coefficient (Wildman–Crippen LogP) is 1.65. The van der Waals surface area contributed by atoms with Crippen LogP contribution in [-0.4, -0.2) is 48.8 Å². The Kier molecular flexibility index (Phi) is 4.94. The summed E-state index contributed by atoms with van der Waals surface area (Å²) in [5.74, 6) is 1.26. The van der Waals surface area contributed by atoms with Crippen molar-refractivity contribution in [3.63, 3.8) is 0 Å². The van der Waals surface area contributed by atoms with Crippen molar-refractivity contribution in [3.05, 3.63) is 40.2 Å². The molecule has 25 heavy (non-hydrogen) atoms. The number of rotatable bonds is 5. The van der Waals surface area contributed by atoms with Crippen LogP contribution in [0, 0.1) is 6.92 Å². The standard InChI is InChI=1S/C18H24N4O3/c1-11-7-15(24-3)16(25-4)8-12(11)10-22(2)18(23)17-13-9-19-6-5-14(13)20-21-17/h7-8,19H,5-6,9-10H2,1-4H3,(H,20,21). The normalized spacial score (nSPS) is 13.3. The van der Waals surface area contributed by atoms with E-state index < -0.39 is 0 Å². The van der Waals surface area contributed by atoms with Crippen LogP contribution in [0.4, 0.5) is 0 Å². The van der Waals surface area contributed by atoms with Crippen LogP contribution in [0.25, 0.3) is 0 Å². The molecule has 2 heterocycles. The number of H-pyrrole nitrogens is 1. The number of amides is 1. The second-order valence-electron chi connectivity index (χ2n) is 6.25. The summed E-state index contributed by atoms with van der Waals surface area (Å²) in [7, 11) is 5.01. The molecule has 7 nitrogen and oxygen atoms in total. The minimum Gasteiger partial charge on any atom is -0.493 e. The van der Waals surface area contributed by atoms with Crippen LogP contribution in [-0.2, 0) is 19.5 Å². The second kappa shape index (κ2) is 7.14. The van der Waals surface area contributed by atoms with Crippen molar-refractivity contribution in [3.8, 4) is 11.5 Å². The van der Waals surface area contributed by atoms with Gasteiger partial charge in [0.05, 0.1) is 14.2 Å². The van der Waals surface area contributed by atoms with Gasteiger partial charge in [-0.1, -0.05) is 0 Å². The Balaban J connectivity index is 1.81. The Morgan fingerprint density at radius 1 is 1.28 bits per heavy atom. The van der Waals surface area contributed by atoms with Crippen molar-refractivity contribution in [1.29, 1.82) is 0 Å². The predicted molar refractivity (Wildman–Crippen MR) is 94.1 cm³/mol. The highest BCUT2D eigenvalue weighted by Crippen LogP contribution is 2.31. The monoisotopic (exact) mass is 344 g/mol. The Morgan fingerprint density at radius 2 is 2.00 bits per heavy atom. The number of nitrogens with one attached hydrogen (secondary N) is 2. The van der Waals surface area contributed by atoms with Gasteiger partial charge in [0.15, 0.2) is 17.2 Å². The van der Waals surface area contributed by atoms with Gasteiger partial charge in [-0.15, -0.1) is 0 Å². The highest BCUT2D eigenvalue weighted by Gasteiger charge is 2.24. The van der Waals surface area contributed by atoms with E-state index in [0.29, 0.717) is 30.3 Å². The third-order valence-corrected chi connectivity index (χ3v) is 4.61. The van der Waals surface area contributed by atoms with Gasteiger partial charge < -0.3 is 19.7 Å². The average molecular weight is 344 g/mol. The maximum absolute atomic E-state index is 12.8. The molecule has 0 saturated carbocycles. The molecule has 0 spiro atoms. The summed E-state index contributed by atoms with van der Waals surface area (Å²) in [5.41, 5.74) is 4.59. The first-order valence-corrected chi connectivity index (χ1v) is 8.29. The number of fused-ring (bicyclic) bond motifs is 1. The van der Waals surface area contributed by atoms with Crippen molar-refractivity contribution in [2.24, 2.45) is 0 Å². The van der Waals surface area contributed by atoms with Gasteiger partial charge in [-0.05, 0) is 30.2 Å². The van der Waals surface area contributed by atoms with Crippen molar-refractivity contribution >= 4 is 5.91 Å². The third-order valence-electron chi connectivity index (χ3n) is 4.61. The molecule has 0 atom stereocenters. The molecule has 2 N–H and O–H groups in total. The van der Waals surface area contributed by atoms with E-state index in [-0.39, 0.29) is 5.91 Å². The second-order valence-corrected chi connectivity index (χ2v) is 6.25. The van der Waals surface area contributed by atoms with Gasteiger partial charge in [-0.2, -0.15) is 5.10 Å². The van der Waals surface area contributed by atoms with E-state index in [1.54, 1.807) is 26.2 Å². The highest BCUT2D eigenvalue weighted by atomic mass is 16.5. The smallest absolute Gasteiger partial charge is 0.274 e. The average Bonchev–Trinajstić information content (AvgIpc) is 3.06. The Bertz CT molecular complexity index is 785. The molecule has 0 bridgehead atoms. The van der Waals surface area contributed by atoms with Gasteiger partial charge in [-0.25, -0.2) is 0 Å². The number of carbonyl (C=O) groups excluding carboxylic acids is 1. The number of aryl methyl sites for hydroxylation is 1. The molecular formula is C18H24N4O3. The first-order chi connectivity index (χ1) is 12.0. The molecule has 1 amide bonds. The van der Waals surface area contributed by atoms with Crippen LogP contribution >= 0.6 is 0 Å². The molecule has 3 rings (SSSR count). The molecule has 7 heteroatoms. The summed E-state index contributed by atoms with van der Waals surface area (Å²) in [6, 6.07) is 3.84. The van der Waals surface area contributed by atoms with Gasteiger partial charge in [0.2, 0.25) is 0 Å². The number of nitrogens with zero attached hydrogens (tertiary/aromatic N) is 2. The lowest BCUT2D eigenvalue weighted by atomic mass is 10.1. The third kappa shape index (κ3) is 3.32. The molecule has 0 radical (unpaired) electrons. The van der Waals surface area contributed by atoms with Gasteiger partial charge in [0.1, 0.15) is 0 Å². The number of hydrogen-bond acceptors (Lipinski definition) is 5. The Morgan fingerprint density at radius 3 is 2.72 bits per heavy atom. The molecule has 1 aliphatic rings. The summed E-state index contributed by atoms with van der Waals surface area (Å²) in [5, 5.41) is 10.5. The zero-order valence-corrected chi connectivity index (χ0v) is 15.1. The molecule has 1 aromatic carbocycles. The maximum Gasteiger partial charge on any atom is 0.274 e. The van der Waals surface area contributed by atoms with Crippen LogP contribution in [0.2, 0.25) is 0 Å². The first kappa shape index (κ1) is 17.3. The van der Waals surface area contributed by atoms with Crippen molar-refractivity contribution in [2.75, 3.05) is 27.8 Å². The van der Waals surface area contributed by atoms with E-state index in [0.717, 1.165) is 35.3 Å². The van der Waals surface area contributed by atoms with Crippen molar-refractivity contribution < 1.29 is 14.3 Å². The number of aromatic nitrogens is 2. The van der Waals surface area contributed by atoms with Crippen LogP contribution in [0.3, 0.4) is 0 Å². The maximum atomic E-state index is 12.8. The first-order valence-electron chi connectivity index (χ1n) is 8.29. The summed E-state index contributed by atoms with van der Waals surface area (Å²) in [6.45, 7) is 4.05. The van der Waals surface area contributed by atoms with Gasteiger partial charge in [0.25, 0.3) is 5.91 Å². The fourth-order valence-electron chi connectivity index (χ4n) is 3.10. The zero-order chi connectivity index (χ0) is 18.0. The summed E-state index contributed by atoms with van der Waals surface area (Å²) >= 11 is 0. The molecule has 0 unspecified atom stereocenters. The lowest BCUT2D eigenvalue weighted by Crippen LogP contribution is -2.30. The zero-order valence-electron chi connectivity index (χ0n) is 15.1. The SMILES string of the molecule is COc1cc(C)c(CN(C)C(=O)c2n[nH]c3c2CNCC3)cc1OC. The molecule has 0 fully saturated rings. The molecular weight excluding hydrogens is 320 g/mol. The van der Waals surface area contributed by atoms with Crippen molar-refractivity contribution in [1.82, 2.24) is 20.4 Å². The van der Waals surface area contributed by atoms with E-state index in [2.05, 4.69) is 15.5 Å². The number of carbonyl (C=O) groups is 1. The Labute approximate surface area is 147 Å². The van der Waals surface area contributed by atoms with Crippen LogP contribution < -0.4 is 14.8 Å². The Hall–Kier alpha value is -2.54. The summed E-state index contributed by atoms with van der Waals surface area (Å²) in [6.07, 6.45) is 0.869. The molecule has 2 aromatic rings. The number of ether oxygens (including phenoxy) is 2. The fourth-order valence-corrected chi connectivity index (χ4v) is 3.10. The van der Waals surface area contributed by atoms with Crippen LogP contribution in [0.5, 0.6) is 11.5 Å². The van der Waals surface area contributed by atoms with E-state index in [1.807, 2.05) is 19.1 Å². The van der Waals surface area contributed by atoms with Gasteiger partial charge in [0, 0.05) is 44.4 Å². The topological polar surface area (TPSA) is 79.5 Å². The van der Waals surface area contributed by atoms with E-state index in [4.69, 9.17) is 9.47 Å². The van der Waals surface area contributed by atoms with Gasteiger partial charge in [-0.3, -0.25) is 9.89 Å². The molecule has 1 aromatic heterocycles. The van der Waals surface area contributed by atoms with E-state index in [1.165, 1.54) is 0 Å². The number of methoxy groups -OCH3 is 2. The number of hydrogen-bond donors (Lipinski definition) is 2. The lowest BCUT2D eigenvalue weighted by Gasteiger charge is -2.20. The van der Waals surface area contributed by atoms with E-state index in [9.17, 15) is 4.79 Å². The summed E-state index contributed by atoms with van der Waals surface area (Å²) < 4.78 is 10.7. The molecule has 0 saturated heterocycles. The lowest BCUT2D eigenvalue weighted by molar-refractivity contribution is 0.0777.